The Kier molecular flexibility index (Phi) is 9.87. The molecule has 0 bridgehead atoms. The second kappa shape index (κ2) is 13.1. The molecular weight excluding hydrogens is 458 g/mol. The van der Waals surface area contributed by atoms with Gasteiger partial charge in [-0.1, -0.05) is 19.9 Å². The highest BCUT2D eigenvalue weighted by atomic mass is 16.5. The Morgan fingerprint density at radius 3 is 2.89 bits per heavy atom. The molecule has 3 atom stereocenters. The quantitative estimate of drug-likeness (QED) is 0.424. The lowest BCUT2D eigenvalue weighted by atomic mass is 9.82. The van der Waals surface area contributed by atoms with E-state index < -0.39 is 5.41 Å². The molecule has 202 valence electrons. The van der Waals surface area contributed by atoms with Crippen LogP contribution in [0.3, 0.4) is 0 Å². The highest BCUT2D eigenvalue weighted by molar-refractivity contribution is 5.81. The Morgan fingerprint density at radius 1 is 1.25 bits per heavy atom. The normalized spacial score (nSPS) is 24.3. The molecule has 0 aliphatic carbocycles. The molecule has 36 heavy (non-hydrogen) atoms. The van der Waals surface area contributed by atoms with Crippen LogP contribution in [-0.4, -0.2) is 77.3 Å². The van der Waals surface area contributed by atoms with Crippen LogP contribution < -0.4 is 20.3 Å². The van der Waals surface area contributed by atoms with Crippen LogP contribution in [0.1, 0.15) is 57.9 Å². The number of benzene rings is 1. The zero-order valence-electron chi connectivity index (χ0n) is 22.4. The number of carbonyl (C=O) groups excluding carboxylic acids is 1. The van der Waals surface area contributed by atoms with Crippen molar-refractivity contribution >= 4 is 11.6 Å². The second-order valence-electron chi connectivity index (χ2n) is 11.0. The van der Waals surface area contributed by atoms with Crippen LogP contribution in [0.25, 0.3) is 0 Å². The smallest absolute Gasteiger partial charge is 0.225 e. The summed E-state index contributed by atoms with van der Waals surface area (Å²) < 4.78 is 23.0. The van der Waals surface area contributed by atoms with Crippen molar-refractivity contribution in [1.82, 2.24) is 10.6 Å². The highest BCUT2D eigenvalue weighted by Crippen LogP contribution is 2.33. The van der Waals surface area contributed by atoms with Crippen molar-refractivity contribution in [3.05, 3.63) is 23.8 Å². The van der Waals surface area contributed by atoms with Gasteiger partial charge < -0.3 is 34.5 Å². The zero-order valence-corrected chi connectivity index (χ0v) is 22.4. The standard InChI is InChI=1S/C28H45N3O5/c1-28(2,27(32)30-19-23-6-4-14-34-23)17-22-8-9-24(18-29-22)36-20-21-7-10-26-25(16-21)31(12-15-35-26)11-5-13-33-3/h7,10,16,22-24,29H,4-6,8-9,11-15,17-20H2,1-3H3,(H,30,32)/t22-,23-,24+/m0/s1. The predicted molar refractivity (Wildman–Crippen MR) is 141 cm³/mol. The van der Waals surface area contributed by atoms with E-state index in [1.807, 2.05) is 13.8 Å². The largest absolute Gasteiger partial charge is 0.490 e. The third-order valence-electron chi connectivity index (χ3n) is 7.60. The van der Waals surface area contributed by atoms with Crippen LogP contribution in [0, 0.1) is 5.41 Å². The molecule has 8 nitrogen and oxygen atoms in total. The molecule has 0 radical (unpaired) electrons. The molecule has 0 saturated carbocycles. The maximum atomic E-state index is 12.8. The number of amides is 1. The molecule has 0 spiro atoms. The number of rotatable bonds is 12. The van der Waals surface area contributed by atoms with Gasteiger partial charge in [-0.05, 0) is 56.2 Å². The minimum Gasteiger partial charge on any atom is -0.490 e. The van der Waals surface area contributed by atoms with E-state index in [-0.39, 0.29) is 18.1 Å². The van der Waals surface area contributed by atoms with E-state index in [4.69, 9.17) is 18.9 Å². The molecule has 3 aliphatic heterocycles. The van der Waals surface area contributed by atoms with E-state index in [0.29, 0.717) is 19.2 Å². The topological polar surface area (TPSA) is 81.3 Å². The van der Waals surface area contributed by atoms with Crippen molar-refractivity contribution in [2.24, 2.45) is 5.41 Å². The van der Waals surface area contributed by atoms with Gasteiger partial charge in [0.2, 0.25) is 5.91 Å². The van der Waals surface area contributed by atoms with Gasteiger partial charge in [-0.25, -0.2) is 0 Å². The van der Waals surface area contributed by atoms with E-state index in [0.717, 1.165) is 89.4 Å². The first-order valence-electron chi connectivity index (χ1n) is 13.7. The predicted octanol–water partition coefficient (Wildman–Crippen LogP) is 3.27. The number of carbonyl (C=O) groups is 1. The van der Waals surface area contributed by atoms with Gasteiger partial charge in [0, 0.05) is 51.4 Å². The van der Waals surface area contributed by atoms with Gasteiger partial charge in [0.1, 0.15) is 12.4 Å². The molecule has 3 aliphatic rings. The SMILES string of the molecule is COCCCN1CCOc2ccc(CO[C@@H]3CC[C@@H](CC(C)(C)C(=O)NC[C@@H]4CCCO4)NC3)cc21. The third kappa shape index (κ3) is 7.57. The van der Waals surface area contributed by atoms with Crippen LogP contribution in [0.5, 0.6) is 5.75 Å². The number of anilines is 1. The van der Waals surface area contributed by atoms with Crippen LogP contribution in [0.15, 0.2) is 18.2 Å². The Morgan fingerprint density at radius 2 is 2.14 bits per heavy atom. The third-order valence-corrected chi connectivity index (χ3v) is 7.60. The van der Waals surface area contributed by atoms with Gasteiger partial charge in [-0.2, -0.15) is 0 Å². The molecule has 2 N–H and O–H groups in total. The molecule has 2 saturated heterocycles. The summed E-state index contributed by atoms with van der Waals surface area (Å²) in [6, 6.07) is 6.71. The van der Waals surface area contributed by atoms with Crippen LogP contribution in [-0.2, 0) is 25.6 Å². The number of ether oxygens (including phenoxy) is 4. The fraction of sp³-hybridized carbons (Fsp3) is 0.750. The van der Waals surface area contributed by atoms with Crippen molar-refractivity contribution in [3.8, 4) is 5.75 Å². The number of piperidine rings is 1. The fourth-order valence-electron chi connectivity index (χ4n) is 5.42. The zero-order chi connectivity index (χ0) is 25.4. The minimum absolute atomic E-state index is 0.117. The van der Waals surface area contributed by atoms with Gasteiger partial charge in [0.05, 0.1) is 31.0 Å². The summed E-state index contributed by atoms with van der Waals surface area (Å²) in [4.78, 5) is 15.2. The monoisotopic (exact) mass is 503 g/mol. The summed E-state index contributed by atoms with van der Waals surface area (Å²) in [6.07, 6.45) is 6.33. The van der Waals surface area contributed by atoms with Gasteiger partial charge in [0.15, 0.2) is 0 Å². The first-order chi connectivity index (χ1) is 17.4. The molecule has 1 amide bonds. The molecule has 1 aromatic rings. The fourth-order valence-corrected chi connectivity index (χ4v) is 5.42. The Bertz CT molecular complexity index is 834. The maximum absolute atomic E-state index is 12.8. The molecule has 4 rings (SSSR count). The summed E-state index contributed by atoms with van der Waals surface area (Å²) >= 11 is 0. The number of nitrogens with one attached hydrogen (secondary N) is 2. The first kappa shape index (κ1) is 27.2. The van der Waals surface area contributed by atoms with E-state index >= 15 is 0 Å². The molecule has 8 heteroatoms. The molecule has 2 fully saturated rings. The van der Waals surface area contributed by atoms with E-state index in [1.165, 1.54) is 5.56 Å². The molecular formula is C28H45N3O5. The molecule has 3 heterocycles. The van der Waals surface area contributed by atoms with Crippen molar-refractivity contribution in [1.29, 1.82) is 0 Å². The van der Waals surface area contributed by atoms with Crippen molar-refractivity contribution < 1.29 is 23.7 Å². The first-order valence-corrected chi connectivity index (χ1v) is 13.7. The number of hydrogen-bond donors (Lipinski definition) is 2. The summed E-state index contributed by atoms with van der Waals surface area (Å²) in [7, 11) is 1.75. The number of nitrogens with zero attached hydrogens (tertiary/aromatic N) is 1. The lowest BCUT2D eigenvalue weighted by Gasteiger charge is -2.35. The van der Waals surface area contributed by atoms with Gasteiger partial charge in [-0.3, -0.25) is 4.79 Å². The summed E-state index contributed by atoms with van der Waals surface area (Å²) in [6.45, 7) is 10.3. The Hall–Kier alpha value is -1.87. The lowest BCUT2D eigenvalue weighted by molar-refractivity contribution is -0.130. The van der Waals surface area contributed by atoms with Gasteiger partial charge in [0.25, 0.3) is 0 Å². The average molecular weight is 504 g/mol. The van der Waals surface area contributed by atoms with E-state index in [1.54, 1.807) is 7.11 Å². The second-order valence-corrected chi connectivity index (χ2v) is 11.0. The summed E-state index contributed by atoms with van der Waals surface area (Å²) in [5.74, 6) is 1.07. The van der Waals surface area contributed by atoms with Crippen molar-refractivity contribution in [2.75, 3.05) is 58.0 Å². The summed E-state index contributed by atoms with van der Waals surface area (Å²) in [5, 5.41) is 6.74. The molecule has 0 aromatic heterocycles. The van der Waals surface area contributed by atoms with E-state index in [2.05, 4.69) is 33.7 Å². The molecule has 1 aromatic carbocycles. The number of methoxy groups -OCH3 is 1. The van der Waals surface area contributed by atoms with Crippen molar-refractivity contribution in [3.63, 3.8) is 0 Å². The Labute approximate surface area is 216 Å². The lowest BCUT2D eigenvalue weighted by Crippen LogP contribution is -2.48. The summed E-state index contributed by atoms with van der Waals surface area (Å²) in [5.41, 5.74) is 1.91. The van der Waals surface area contributed by atoms with Gasteiger partial charge in [-0.15, -0.1) is 0 Å². The maximum Gasteiger partial charge on any atom is 0.225 e. The van der Waals surface area contributed by atoms with Crippen LogP contribution in [0.2, 0.25) is 0 Å². The van der Waals surface area contributed by atoms with Gasteiger partial charge >= 0.3 is 0 Å². The molecule has 0 unspecified atom stereocenters. The van der Waals surface area contributed by atoms with E-state index in [9.17, 15) is 4.79 Å². The Balaban J connectivity index is 1.19. The minimum atomic E-state index is -0.412. The highest BCUT2D eigenvalue weighted by Gasteiger charge is 2.33. The number of fused-ring (bicyclic) bond motifs is 1. The average Bonchev–Trinajstić information content (AvgIpc) is 3.40. The van der Waals surface area contributed by atoms with Crippen LogP contribution >= 0.6 is 0 Å². The van der Waals surface area contributed by atoms with Crippen molar-refractivity contribution in [2.45, 2.75) is 77.2 Å². The number of hydrogen-bond acceptors (Lipinski definition) is 7. The van der Waals surface area contributed by atoms with Crippen LogP contribution in [0.4, 0.5) is 5.69 Å².